The number of imide groups is 1. The summed E-state index contributed by atoms with van der Waals surface area (Å²) in [5, 5.41) is 2.46. The van der Waals surface area contributed by atoms with Crippen molar-refractivity contribution < 1.29 is 9.59 Å². The Kier molecular flexibility index (Phi) is 2.92. The number of hydrogen-bond acceptors (Lipinski definition) is 2. The van der Waals surface area contributed by atoms with Gasteiger partial charge in [0.15, 0.2) is 0 Å². The summed E-state index contributed by atoms with van der Waals surface area (Å²) in [4.78, 5) is 23.4. The molecule has 1 unspecified atom stereocenters. The molecule has 1 aliphatic heterocycles. The SMILES string of the molecule is CCCCc1ccc2c(c1)CC1(CC(=O)NC1=O)C2. The van der Waals surface area contributed by atoms with Crippen LogP contribution in [-0.2, 0) is 28.9 Å². The van der Waals surface area contributed by atoms with Crippen molar-refractivity contribution in [1.29, 1.82) is 0 Å². The summed E-state index contributed by atoms with van der Waals surface area (Å²) in [6.07, 6.45) is 5.28. The average molecular weight is 257 g/mol. The Morgan fingerprint density at radius 2 is 1.95 bits per heavy atom. The predicted molar refractivity (Wildman–Crippen MR) is 72.7 cm³/mol. The van der Waals surface area contributed by atoms with Crippen LogP contribution in [0.5, 0.6) is 0 Å². The summed E-state index contributed by atoms with van der Waals surface area (Å²) < 4.78 is 0. The van der Waals surface area contributed by atoms with Crippen molar-refractivity contribution in [3.63, 3.8) is 0 Å². The van der Waals surface area contributed by atoms with Gasteiger partial charge in [0.2, 0.25) is 11.8 Å². The highest BCUT2D eigenvalue weighted by atomic mass is 16.2. The molecule has 19 heavy (non-hydrogen) atoms. The monoisotopic (exact) mass is 257 g/mol. The first-order valence-corrected chi connectivity index (χ1v) is 7.08. The van der Waals surface area contributed by atoms with E-state index >= 15 is 0 Å². The third kappa shape index (κ3) is 2.07. The molecule has 2 aliphatic rings. The molecule has 100 valence electrons. The highest BCUT2D eigenvalue weighted by molar-refractivity contribution is 6.06. The lowest BCUT2D eigenvalue weighted by Gasteiger charge is -2.16. The third-order valence-electron chi connectivity index (χ3n) is 4.38. The summed E-state index contributed by atoms with van der Waals surface area (Å²) in [5.41, 5.74) is 3.37. The molecule has 1 N–H and O–H groups in total. The first-order valence-electron chi connectivity index (χ1n) is 7.08. The fourth-order valence-electron chi connectivity index (χ4n) is 3.32. The number of carbonyl (C=O) groups is 2. The molecule has 3 nitrogen and oxygen atoms in total. The number of rotatable bonds is 3. The van der Waals surface area contributed by atoms with Crippen LogP contribution in [0.25, 0.3) is 0 Å². The fourth-order valence-corrected chi connectivity index (χ4v) is 3.32. The van der Waals surface area contributed by atoms with Gasteiger partial charge in [0.05, 0.1) is 5.41 Å². The lowest BCUT2D eigenvalue weighted by atomic mass is 9.83. The van der Waals surface area contributed by atoms with Gasteiger partial charge in [-0.25, -0.2) is 0 Å². The minimum Gasteiger partial charge on any atom is -0.296 e. The Balaban J connectivity index is 1.84. The van der Waals surface area contributed by atoms with Gasteiger partial charge in [-0.3, -0.25) is 14.9 Å². The molecular weight excluding hydrogens is 238 g/mol. The number of aryl methyl sites for hydroxylation is 1. The number of nitrogens with one attached hydrogen (secondary N) is 1. The van der Waals surface area contributed by atoms with Gasteiger partial charge in [-0.1, -0.05) is 31.5 Å². The highest BCUT2D eigenvalue weighted by Gasteiger charge is 2.50. The van der Waals surface area contributed by atoms with E-state index in [1.54, 1.807) is 0 Å². The summed E-state index contributed by atoms with van der Waals surface area (Å²) in [6, 6.07) is 6.54. The van der Waals surface area contributed by atoms with E-state index in [2.05, 4.69) is 30.4 Å². The average Bonchev–Trinajstić information content (AvgIpc) is 2.86. The number of unbranched alkanes of at least 4 members (excludes halogenated alkanes) is 1. The Hall–Kier alpha value is -1.64. The molecule has 3 rings (SSSR count). The topological polar surface area (TPSA) is 46.2 Å². The van der Waals surface area contributed by atoms with Crippen molar-refractivity contribution in [2.75, 3.05) is 0 Å². The van der Waals surface area contributed by atoms with Crippen molar-refractivity contribution in [3.8, 4) is 0 Å². The largest absolute Gasteiger partial charge is 0.296 e. The van der Waals surface area contributed by atoms with Crippen LogP contribution in [0.15, 0.2) is 18.2 Å². The molecule has 1 fully saturated rings. The second-order valence-electron chi connectivity index (χ2n) is 5.89. The molecule has 1 aromatic rings. The minimum absolute atomic E-state index is 0.0798. The molecule has 1 aliphatic carbocycles. The van der Waals surface area contributed by atoms with Crippen LogP contribution in [0.3, 0.4) is 0 Å². The first-order chi connectivity index (χ1) is 9.13. The molecule has 1 heterocycles. The number of amides is 2. The Morgan fingerprint density at radius 1 is 1.16 bits per heavy atom. The van der Waals surface area contributed by atoms with E-state index in [1.165, 1.54) is 29.5 Å². The van der Waals surface area contributed by atoms with Gasteiger partial charge in [-0.15, -0.1) is 0 Å². The molecule has 2 amide bonds. The smallest absolute Gasteiger partial charge is 0.233 e. The van der Waals surface area contributed by atoms with Crippen molar-refractivity contribution >= 4 is 11.8 Å². The lowest BCUT2D eigenvalue weighted by Crippen LogP contribution is -2.32. The molecule has 1 spiro atoms. The summed E-state index contributed by atoms with van der Waals surface area (Å²) in [6.45, 7) is 2.19. The Bertz CT molecular complexity index is 550. The van der Waals surface area contributed by atoms with Crippen LogP contribution in [0.4, 0.5) is 0 Å². The van der Waals surface area contributed by atoms with Crippen LogP contribution in [0.2, 0.25) is 0 Å². The van der Waals surface area contributed by atoms with E-state index in [1.807, 2.05) is 0 Å². The van der Waals surface area contributed by atoms with E-state index < -0.39 is 5.41 Å². The predicted octanol–water partition coefficient (Wildman–Crippen LogP) is 2.16. The van der Waals surface area contributed by atoms with Gasteiger partial charge in [0.25, 0.3) is 0 Å². The van der Waals surface area contributed by atoms with Crippen molar-refractivity contribution in [2.24, 2.45) is 5.41 Å². The molecule has 1 atom stereocenters. The molecule has 0 radical (unpaired) electrons. The maximum absolute atomic E-state index is 12.0. The standard InChI is InChI=1S/C16H19NO2/c1-2-3-4-11-5-6-12-8-16(9-13(12)7-11)10-14(18)17-15(16)19/h5-7H,2-4,8-10H2,1H3,(H,17,18,19). The van der Waals surface area contributed by atoms with E-state index in [0.717, 1.165) is 12.8 Å². The van der Waals surface area contributed by atoms with Crippen LogP contribution in [0.1, 0.15) is 42.9 Å². The molecule has 1 saturated heterocycles. The lowest BCUT2D eigenvalue weighted by molar-refractivity contribution is -0.128. The van der Waals surface area contributed by atoms with E-state index in [9.17, 15) is 9.59 Å². The van der Waals surface area contributed by atoms with Gasteiger partial charge in [-0.2, -0.15) is 0 Å². The normalized spacial score (nSPS) is 24.9. The summed E-state index contributed by atoms with van der Waals surface area (Å²) >= 11 is 0. The van der Waals surface area contributed by atoms with Gasteiger partial charge < -0.3 is 0 Å². The quantitative estimate of drug-likeness (QED) is 0.843. The number of benzene rings is 1. The van der Waals surface area contributed by atoms with Crippen molar-refractivity contribution in [3.05, 3.63) is 34.9 Å². The zero-order valence-corrected chi connectivity index (χ0v) is 11.3. The maximum atomic E-state index is 12.0. The highest BCUT2D eigenvalue weighted by Crippen LogP contribution is 2.42. The van der Waals surface area contributed by atoms with E-state index in [0.29, 0.717) is 12.8 Å². The third-order valence-corrected chi connectivity index (χ3v) is 4.38. The van der Waals surface area contributed by atoms with Crippen LogP contribution in [0, 0.1) is 5.41 Å². The van der Waals surface area contributed by atoms with Gasteiger partial charge in [0, 0.05) is 6.42 Å². The van der Waals surface area contributed by atoms with Crippen LogP contribution < -0.4 is 5.32 Å². The second-order valence-corrected chi connectivity index (χ2v) is 5.89. The number of carbonyl (C=O) groups excluding carboxylic acids is 2. The molecule has 1 aromatic carbocycles. The van der Waals surface area contributed by atoms with Crippen LogP contribution >= 0.6 is 0 Å². The number of fused-ring (bicyclic) bond motifs is 1. The Morgan fingerprint density at radius 3 is 2.63 bits per heavy atom. The maximum Gasteiger partial charge on any atom is 0.233 e. The van der Waals surface area contributed by atoms with Gasteiger partial charge in [0.1, 0.15) is 0 Å². The second kappa shape index (κ2) is 4.48. The summed E-state index contributed by atoms with van der Waals surface area (Å²) in [5.74, 6) is -0.201. The molecule has 0 bridgehead atoms. The van der Waals surface area contributed by atoms with Gasteiger partial charge in [-0.05, 0) is 42.4 Å². The van der Waals surface area contributed by atoms with E-state index in [-0.39, 0.29) is 11.8 Å². The molecule has 0 aromatic heterocycles. The van der Waals surface area contributed by atoms with Crippen LogP contribution in [-0.4, -0.2) is 11.8 Å². The number of hydrogen-bond donors (Lipinski definition) is 1. The van der Waals surface area contributed by atoms with Gasteiger partial charge >= 0.3 is 0 Å². The minimum atomic E-state index is -0.483. The summed E-state index contributed by atoms with van der Waals surface area (Å²) in [7, 11) is 0. The molecule has 0 saturated carbocycles. The zero-order chi connectivity index (χ0) is 13.5. The first kappa shape index (κ1) is 12.4. The van der Waals surface area contributed by atoms with Crippen molar-refractivity contribution in [2.45, 2.75) is 45.4 Å². The zero-order valence-electron chi connectivity index (χ0n) is 11.3. The molecular formula is C16H19NO2. The van der Waals surface area contributed by atoms with E-state index in [4.69, 9.17) is 0 Å². The van der Waals surface area contributed by atoms with Crippen molar-refractivity contribution in [1.82, 2.24) is 5.32 Å². The Labute approximate surface area is 113 Å². The molecule has 3 heteroatoms. The fraction of sp³-hybridized carbons (Fsp3) is 0.500.